The van der Waals surface area contributed by atoms with Gasteiger partial charge in [-0.3, -0.25) is 4.79 Å². The molecule has 1 aromatic heterocycles. The molecule has 1 amide bonds. The zero-order valence-corrected chi connectivity index (χ0v) is 12.8. The fraction of sp³-hybridized carbons (Fsp3) is 0.714. The molecule has 0 radical (unpaired) electrons. The maximum Gasteiger partial charge on any atom is 0.220 e. The normalized spacial score (nSPS) is 14.5. The average molecular weight is 303 g/mol. The van der Waals surface area contributed by atoms with Crippen LogP contribution in [0.2, 0.25) is 0 Å². The third kappa shape index (κ3) is 4.62. The lowest BCUT2D eigenvalue weighted by Crippen LogP contribution is -2.26. The molecule has 0 saturated heterocycles. The summed E-state index contributed by atoms with van der Waals surface area (Å²) in [5.41, 5.74) is -0.410. The van der Waals surface area contributed by atoms with Gasteiger partial charge in [0.2, 0.25) is 5.91 Å². The van der Waals surface area contributed by atoms with Crippen LogP contribution in [-0.4, -0.2) is 31.8 Å². The molecule has 118 valence electrons. The lowest BCUT2D eigenvalue weighted by Gasteiger charge is -2.09. The number of nitrogens with one attached hydrogen (secondary N) is 1. The predicted octanol–water partition coefficient (Wildman–Crippen LogP) is 1.45. The summed E-state index contributed by atoms with van der Waals surface area (Å²) in [5.74, 6) is 3.19. The Morgan fingerprint density at radius 3 is 2.91 bits per heavy atom. The van der Waals surface area contributed by atoms with Gasteiger partial charge in [0.1, 0.15) is 0 Å². The highest BCUT2D eigenvalue weighted by Crippen LogP contribution is 2.37. The van der Waals surface area contributed by atoms with E-state index < -0.39 is 5.66 Å². The Morgan fingerprint density at radius 2 is 2.23 bits per heavy atom. The number of hydrogen-bond acceptors (Lipinski definition) is 6. The van der Waals surface area contributed by atoms with Crippen molar-refractivity contribution in [3.63, 3.8) is 0 Å². The molecular weight excluding hydrogens is 282 g/mol. The van der Waals surface area contributed by atoms with Crippen LogP contribution in [0.15, 0.2) is 10.2 Å². The maximum atomic E-state index is 11.9. The van der Waals surface area contributed by atoms with Gasteiger partial charge < -0.3 is 5.32 Å². The minimum absolute atomic E-state index is 0.0533. The molecule has 2 rings (SSSR count). The second-order valence-electron chi connectivity index (χ2n) is 5.34. The van der Waals surface area contributed by atoms with Crippen LogP contribution in [0, 0.1) is 12.3 Å². The first-order valence-electron chi connectivity index (χ1n) is 7.58. The monoisotopic (exact) mass is 303 g/mol. The summed E-state index contributed by atoms with van der Waals surface area (Å²) >= 11 is 0. The van der Waals surface area contributed by atoms with Crippen molar-refractivity contribution < 1.29 is 4.79 Å². The fourth-order valence-corrected chi connectivity index (χ4v) is 2.08. The van der Waals surface area contributed by atoms with Gasteiger partial charge in [-0.25, -0.2) is 4.68 Å². The molecule has 0 saturated carbocycles. The zero-order valence-electron chi connectivity index (χ0n) is 12.8. The Labute approximate surface area is 129 Å². The molecule has 0 atom stereocenters. The number of amides is 1. The summed E-state index contributed by atoms with van der Waals surface area (Å²) < 4.78 is 1.73. The Kier molecular flexibility index (Phi) is 5.58. The summed E-state index contributed by atoms with van der Waals surface area (Å²) in [4.78, 5) is 11.9. The maximum absolute atomic E-state index is 11.9. The van der Waals surface area contributed by atoms with Crippen molar-refractivity contribution in [3.05, 3.63) is 5.82 Å². The van der Waals surface area contributed by atoms with Gasteiger partial charge in [-0.2, -0.15) is 10.2 Å². The molecule has 0 aliphatic carbocycles. The van der Waals surface area contributed by atoms with E-state index in [0.717, 1.165) is 19.4 Å². The van der Waals surface area contributed by atoms with Crippen LogP contribution in [0.5, 0.6) is 0 Å². The third-order valence-electron chi connectivity index (χ3n) is 3.58. The van der Waals surface area contributed by atoms with Gasteiger partial charge in [0.25, 0.3) is 0 Å². The molecule has 0 aromatic carbocycles. The van der Waals surface area contributed by atoms with E-state index in [2.05, 4.69) is 43.9 Å². The third-order valence-corrected chi connectivity index (χ3v) is 3.58. The van der Waals surface area contributed by atoms with Gasteiger partial charge in [0.15, 0.2) is 11.5 Å². The SMILES string of the molecule is C#CCCC1(CCC(=O)NCc2nnnn2CCCC)N=N1. The molecule has 8 nitrogen and oxygen atoms in total. The minimum atomic E-state index is -0.410. The number of terminal acetylenes is 1. The van der Waals surface area contributed by atoms with Crippen LogP contribution in [0.25, 0.3) is 0 Å². The van der Waals surface area contributed by atoms with Crippen molar-refractivity contribution in [1.82, 2.24) is 25.5 Å². The van der Waals surface area contributed by atoms with Crippen molar-refractivity contribution in [2.45, 2.75) is 64.2 Å². The van der Waals surface area contributed by atoms with E-state index >= 15 is 0 Å². The summed E-state index contributed by atoms with van der Waals surface area (Å²) in [7, 11) is 0. The minimum Gasteiger partial charge on any atom is -0.349 e. The molecule has 1 N–H and O–H groups in total. The van der Waals surface area contributed by atoms with Gasteiger partial charge in [-0.05, 0) is 16.8 Å². The number of aromatic nitrogens is 4. The van der Waals surface area contributed by atoms with E-state index in [9.17, 15) is 4.79 Å². The average Bonchev–Trinajstić information content (AvgIpc) is 3.16. The molecule has 1 aliphatic heterocycles. The number of carbonyl (C=O) groups is 1. The van der Waals surface area contributed by atoms with E-state index in [1.807, 2.05) is 0 Å². The van der Waals surface area contributed by atoms with Crippen LogP contribution >= 0.6 is 0 Å². The second-order valence-corrected chi connectivity index (χ2v) is 5.34. The first-order chi connectivity index (χ1) is 10.7. The lowest BCUT2D eigenvalue weighted by atomic mass is 10.0. The molecule has 1 aliphatic rings. The highest BCUT2D eigenvalue weighted by Gasteiger charge is 2.39. The van der Waals surface area contributed by atoms with Gasteiger partial charge in [0, 0.05) is 32.2 Å². The molecule has 0 fully saturated rings. The number of nitrogens with zero attached hydrogens (tertiary/aromatic N) is 6. The number of unbranched alkanes of at least 4 members (excludes halogenated alkanes) is 1. The molecule has 0 spiro atoms. The smallest absolute Gasteiger partial charge is 0.220 e. The molecule has 0 bridgehead atoms. The summed E-state index contributed by atoms with van der Waals surface area (Å²) in [6.45, 7) is 3.21. The van der Waals surface area contributed by atoms with E-state index in [4.69, 9.17) is 6.42 Å². The number of rotatable bonds is 10. The number of aryl methyl sites for hydroxylation is 1. The van der Waals surface area contributed by atoms with Gasteiger partial charge in [-0.15, -0.1) is 17.4 Å². The van der Waals surface area contributed by atoms with Crippen LogP contribution in [0.3, 0.4) is 0 Å². The zero-order chi connectivity index (χ0) is 15.8. The van der Waals surface area contributed by atoms with Crippen molar-refractivity contribution in [3.8, 4) is 12.3 Å². The van der Waals surface area contributed by atoms with Crippen LogP contribution in [0.4, 0.5) is 0 Å². The van der Waals surface area contributed by atoms with Crippen molar-refractivity contribution >= 4 is 5.91 Å². The predicted molar refractivity (Wildman–Crippen MR) is 79.5 cm³/mol. The first-order valence-corrected chi connectivity index (χ1v) is 7.58. The molecule has 0 unspecified atom stereocenters. The van der Waals surface area contributed by atoms with E-state index in [1.165, 1.54) is 0 Å². The summed E-state index contributed by atoms with van der Waals surface area (Å²) in [6.07, 6.45) is 9.62. The van der Waals surface area contributed by atoms with Crippen molar-refractivity contribution in [2.75, 3.05) is 0 Å². The van der Waals surface area contributed by atoms with E-state index in [0.29, 0.717) is 38.1 Å². The largest absolute Gasteiger partial charge is 0.349 e. The second kappa shape index (κ2) is 7.64. The number of carbonyl (C=O) groups excluding carboxylic acids is 1. The van der Waals surface area contributed by atoms with Crippen LogP contribution in [-0.2, 0) is 17.9 Å². The van der Waals surface area contributed by atoms with Crippen LogP contribution in [0.1, 0.15) is 51.3 Å². The highest BCUT2D eigenvalue weighted by molar-refractivity contribution is 5.75. The molecule has 22 heavy (non-hydrogen) atoms. The fourth-order valence-electron chi connectivity index (χ4n) is 2.08. The van der Waals surface area contributed by atoms with Gasteiger partial charge in [0.05, 0.1) is 6.54 Å². The first kappa shape index (κ1) is 16.1. The van der Waals surface area contributed by atoms with Gasteiger partial charge >= 0.3 is 0 Å². The van der Waals surface area contributed by atoms with Crippen LogP contribution < -0.4 is 5.32 Å². The quantitative estimate of drug-likeness (QED) is 0.661. The highest BCUT2D eigenvalue weighted by atomic mass is 16.1. The Bertz CT molecular complexity index is 566. The summed E-state index contributed by atoms with van der Waals surface area (Å²) in [6, 6.07) is 0. The van der Waals surface area contributed by atoms with E-state index in [1.54, 1.807) is 4.68 Å². The topological polar surface area (TPSA) is 97.4 Å². The Hall–Kier alpha value is -2.30. The standard InChI is InChI=1S/C14H21N7O/c1-3-5-8-14(17-18-14)9-7-13(22)15-11-12-16-19-20-21(12)10-6-4-2/h1H,4-11H2,2H3,(H,15,22). The Balaban J connectivity index is 1.70. The van der Waals surface area contributed by atoms with Gasteiger partial charge in [-0.1, -0.05) is 13.3 Å². The number of hydrogen-bond donors (Lipinski definition) is 1. The van der Waals surface area contributed by atoms with Crippen molar-refractivity contribution in [2.24, 2.45) is 10.2 Å². The number of tetrazole rings is 1. The Morgan fingerprint density at radius 1 is 1.41 bits per heavy atom. The molecule has 1 aromatic rings. The summed E-state index contributed by atoms with van der Waals surface area (Å²) in [5, 5.41) is 22.4. The van der Waals surface area contributed by atoms with Crippen molar-refractivity contribution in [1.29, 1.82) is 0 Å². The molecule has 2 heterocycles. The van der Waals surface area contributed by atoms with E-state index in [-0.39, 0.29) is 5.91 Å². The lowest BCUT2D eigenvalue weighted by molar-refractivity contribution is -0.121. The molecular formula is C14H21N7O. The molecule has 8 heteroatoms.